The number of rotatable bonds is 11. The Morgan fingerprint density at radius 1 is 0.700 bits per heavy atom. The molecule has 1 aromatic carbocycles. The molecule has 0 radical (unpaired) electrons. The van der Waals surface area contributed by atoms with Crippen molar-refractivity contribution < 1.29 is 4.74 Å². The highest BCUT2D eigenvalue weighted by Gasteiger charge is 1.95. The van der Waals surface area contributed by atoms with Gasteiger partial charge in [0.05, 0.1) is 6.61 Å². The number of aryl methyl sites for hydroxylation is 3. The van der Waals surface area contributed by atoms with Crippen LogP contribution in [0.15, 0.2) is 42.5 Å². The highest BCUT2D eigenvalue weighted by Crippen LogP contribution is 2.11. The zero-order valence-electron chi connectivity index (χ0n) is 20.4. The maximum absolute atomic E-state index is 5.31. The maximum atomic E-state index is 5.31. The zero-order chi connectivity index (χ0) is 22.5. The third-order valence-corrected chi connectivity index (χ3v) is 5.61. The fourth-order valence-corrected chi connectivity index (χ4v) is 3.48. The molecule has 0 spiro atoms. The molecule has 0 saturated heterocycles. The van der Waals surface area contributed by atoms with Crippen LogP contribution in [0.3, 0.4) is 0 Å². The first kappa shape index (κ1) is 28.5. The Kier molecular flexibility index (Phi) is 19.8. The first-order valence-corrected chi connectivity index (χ1v) is 13.0. The summed E-state index contributed by atoms with van der Waals surface area (Å²) in [6.45, 7) is 13.7. The summed E-state index contributed by atoms with van der Waals surface area (Å²) in [6.07, 6.45) is 8.32. The molecule has 0 saturated carbocycles. The van der Waals surface area contributed by atoms with Crippen molar-refractivity contribution in [3.63, 3.8) is 0 Å². The summed E-state index contributed by atoms with van der Waals surface area (Å²) >= 11 is 2.05. The number of hydrogen-bond donors (Lipinski definition) is 0. The van der Waals surface area contributed by atoms with Crippen molar-refractivity contribution in [2.45, 2.75) is 86.5 Å². The summed E-state index contributed by atoms with van der Waals surface area (Å²) < 4.78 is 5.31. The second kappa shape index (κ2) is 20.8. The molecule has 3 heteroatoms. The Bertz CT molecular complexity index is 587. The van der Waals surface area contributed by atoms with E-state index >= 15 is 0 Å². The highest BCUT2D eigenvalue weighted by molar-refractivity contribution is 7.99. The lowest BCUT2D eigenvalue weighted by molar-refractivity contribution is 0.340. The Balaban J connectivity index is 0.000000437. The van der Waals surface area contributed by atoms with E-state index in [2.05, 4.69) is 81.7 Å². The van der Waals surface area contributed by atoms with Crippen LogP contribution in [0.2, 0.25) is 0 Å². The van der Waals surface area contributed by atoms with Crippen molar-refractivity contribution in [1.82, 2.24) is 4.98 Å². The normalized spacial score (nSPS) is 9.80. The van der Waals surface area contributed by atoms with Gasteiger partial charge in [0, 0.05) is 11.4 Å². The van der Waals surface area contributed by atoms with Crippen molar-refractivity contribution in [2.24, 2.45) is 0 Å². The molecule has 30 heavy (non-hydrogen) atoms. The number of pyridine rings is 1. The smallest absolute Gasteiger partial charge is 0.119 e. The highest BCUT2D eigenvalue weighted by atomic mass is 32.2. The van der Waals surface area contributed by atoms with Gasteiger partial charge in [-0.25, -0.2) is 0 Å². The monoisotopic (exact) mass is 431 g/mol. The molecule has 0 aliphatic carbocycles. The lowest BCUT2D eigenvalue weighted by Crippen LogP contribution is -1.94. The van der Waals surface area contributed by atoms with E-state index in [0.29, 0.717) is 0 Å². The van der Waals surface area contributed by atoms with Gasteiger partial charge in [0.15, 0.2) is 0 Å². The van der Waals surface area contributed by atoms with E-state index in [-0.39, 0.29) is 0 Å². The summed E-state index contributed by atoms with van der Waals surface area (Å²) in [4.78, 5) is 4.55. The summed E-state index contributed by atoms with van der Waals surface area (Å²) in [7, 11) is 0. The van der Waals surface area contributed by atoms with Gasteiger partial charge >= 0.3 is 0 Å². The molecule has 0 aliphatic rings. The van der Waals surface area contributed by atoms with Crippen LogP contribution < -0.4 is 4.74 Å². The van der Waals surface area contributed by atoms with Gasteiger partial charge in [0.25, 0.3) is 0 Å². The van der Waals surface area contributed by atoms with Crippen LogP contribution in [0.4, 0.5) is 0 Å². The number of aromatic nitrogens is 1. The van der Waals surface area contributed by atoms with E-state index in [4.69, 9.17) is 4.74 Å². The van der Waals surface area contributed by atoms with E-state index in [0.717, 1.165) is 31.6 Å². The predicted molar refractivity (Wildman–Crippen MR) is 137 cm³/mol. The number of nitrogens with zero attached hydrogens (tertiary/aromatic N) is 1. The standard InChI is InChI=1S/C11H17N.C10H14O.C6H14S/c1-3-6-10-8-5-9-11(12-10)7-4-2;1-3-9-5-7-10(8-6-9)11-4-2;1-3-5-7-6-4-2/h5,8-9H,3-4,6-7H2,1-2H3;5-8H,3-4H2,1-2H3;3-6H2,1-2H3. The molecule has 0 bridgehead atoms. The molecule has 0 unspecified atom stereocenters. The SMILES string of the molecule is CCCSCCC.CCCc1cccc(CCC)n1.CCOc1ccc(CC)cc1. The lowest BCUT2D eigenvalue weighted by Gasteiger charge is -2.02. The van der Waals surface area contributed by atoms with E-state index < -0.39 is 0 Å². The molecule has 0 amide bonds. The number of hydrogen-bond acceptors (Lipinski definition) is 3. The largest absolute Gasteiger partial charge is 0.494 e. The predicted octanol–water partition coefficient (Wildman–Crippen LogP) is 8.17. The molecule has 1 heterocycles. The average molecular weight is 432 g/mol. The van der Waals surface area contributed by atoms with Crippen molar-refractivity contribution in [3.05, 3.63) is 59.4 Å². The molecule has 170 valence electrons. The first-order chi connectivity index (χ1) is 14.6. The second-order valence-corrected chi connectivity index (χ2v) is 8.39. The molecule has 0 N–H and O–H groups in total. The van der Waals surface area contributed by atoms with Crippen molar-refractivity contribution in [2.75, 3.05) is 18.1 Å². The second-order valence-electron chi connectivity index (χ2n) is 7.16. The minimum atomic E-state index is 0.742. The topological polar surface area (TPSA) is 22.1 Å². The third-order valence-electron chi connectivity index (χ3n) is 4.22. The van der Waals surface area contributed by atoms with E-state index in [1.165, 1.54) is 54.1 Å². The molecule has 2 rings (SSSR count). The summed E-state index contributed by atoms with van der Waals surface area (Å²) in [6, 6.07) is 14.6. The van der Waals surface area contributed by atoms with Crippen LogP contribution in [0.25, 0.3) is 0 Å². The van der Waals surface area contributed by atoms with Gasteiger partial charge in [0.1, 0.15) is 5.75 Å². The summed E-state index contributed by atoms with van der Waals surface area (Å²) in [5.74, 6) is 3.64. The minimum absolute atomic E-state index is 0.742. The molecule has 0 atom stereocenters. The van der Waals surface area contributed by atoms with Gasteiger partial charge in [-0.15, -0.1) is 0 Å². The van der Waals surface area contributed by atoms with Gasteiger partial charge < -0.3 is 4.74 Å². The fourth-order valence-electron chi connectivity index (χ4n) is 2.70. The van der Waals surface area contributed by atoms with E-state index in [1.807, 2.05) is 19.1 Å². The number of ether oxygens (including phenoxy) is 1. The van der Waals surface area contributed by atoms with Crippen molar-refractivity contribution in [3.8, 4) is 5.75 Å². The van der Waals surface area contributed by atoms with E-state index in [1.54, 1.807) is 0 Å². The lowest BCUT2D eigenvalue weighted by atomic mass is 10.2. The van der Waals surface area contributed by atoms with Crippen LogP contribution >= 0.6 is 11.8 Å². The summed E-state index contributed by atoms with van der Waals surface area (Å²) in [5.41, 5.74) is 3.83. The van der Waals surface area contributed by atoms with Gasteiger partial charge in [0.2, 0.25) is 0 Å². The van der Waals surface area contributed by atoms with Gasteiger partial charge in [-0.05, 0) is 80.4 Å². The fraction of sp³-hybridized carbons (Fsp3) is 0.593. The number of benzene rings is 1. The summed E-state index contributed by atoms with van der Waals surface area (Å²) in [5, 5.41) is 0. The third kappa shape index (κ3) is 15.4. The van der Waals surface area contributed by atoms with Crippen LogP contribution in [0, 0.1) is 0 Å². The molecule has 2 nitrogen and oxygen atoms in total. The minimum Gasteiger partial charge on any atom is -0.494 e. The van der Waals surface area contributed by atoms with Gasteiger partial charge in [-0.2, -0.15) is 11.8 Å². The molecule has 2 aromatic rings. The Morgan fingerprint density at radius 2 is 1.23 bits per heavy atom. The van der Waals surface area contributed by atoms with Crippen LogP contribution in [0.1, 0.15) is 84.2 Å². The molecule has 0 fully saturated rings. The zero-order valence-corrected chi connectivity index (χ0v) is 21.2. The van der Waals surface area contributed by atoms with Crippen molar-refractivity contribution >= 4 is 11.8 Å². The molecular formula is C27H45NOS. The maximum Gasteiger partial charge on any atom is 0.119 e. The number of thioether (sulfide) groups is 1. The Hall–Kier alpha value is -1.48. The van der Waals surface area contributed by atoms with E-state index in [9.17, 15) is 0 Å². The van der Waals surface area contributed by atoms with Crippen LogP contribution in [-0.2, 0) is 19.3 Å². The molecule has 0 aliphatic heterocycles. The molecule has 1 aromatic heterocycles. The quantitative estimate of drug-likeness (QED) is 0.335. The van der Waals surface area contributed by atoms with Crippen molar-refractivity contribution in [1.29, 1.82) is 0 Å². The van der Waals surface area contributed by atoms with Crippen LogP contribution in [-0.4, -0.2) is 23.1 Å². The average Bonchev–Trinajstić information content (AvgIpc) is 2.77. The Labute approximate surface area is 191 Å². The first-order valence-electron chi connectivity index (χ1n) is 11.9. The Morgan fingerprint density at radius 3 is 1.63 bits per heavy atom. The van der Waals surface area contributed by atoms with Crippen LogP contribution in [0.5, 0.6) is 5.75 Å². The van der Waals surface area contributed by atoms with Gasteiger partial charge in [-0.1, -0.05) is 65.7 Å². The molecular weight excluding hydrogens is 386 g/mol. The van der Waals surface area contributed by atoms with Gasteiger partial charge in [-0.3, -0.25) is 4.98 Å².